The molecule has 22 heavy (non-hydrogen) atoms. The van der Waals surface area contributed by atoms with Crippen LogP contribution in [0.1, 0.15) is 22.8 Å². The molecule has 1 heterocycles. The van der Waals surface area contributed by atoms with Gasteiger partial charge in [0.15, 0.2) is 0 Å². The van der Waals surface area contributed by atoms with E-state index < -0.39 is 0 Å². The summed E-state index contributed by atoms with van der Waals surface area (Å²) < 4.78 is 6.19. The molecule has 0 bridgehead atoms. The number of para-hydroxylation sites is 1. The summed E-state index contributed by atoms with van der Waals surface area (Å²) in [7, 11) is 0. The Labute approximate surface area is 130 Å². The lowest BCUT2D eigenvalue weighted by Gasteiger charge is -2.26. The van der Waals surface area contributed by atoms with Crippen LogP contribution in [0.25, 0.3) is 5.57 Å². The maximum absolute atomic E-state index is 6.19. The third kappa shape index (κ3) is 2.31. The molecule has 0 amide bonds. The van der Waals surface area contributed by atoms with Gasteiger partial charge in [0, 0.05) is 5.56 Å². The first-order chi connectivity index (χ1) is 10.9. The molecule has 0 N–H and O–H groups in total. The van der Waals surface area contributed by atoms with E-state index in [4.69, 9.17) is 4.74 Å². The van der Waals surface area contributed by atoms with Crippen LogP contribution in [0.15, 0.2) is 91.0 Å². The number of hydrogen-bond donors (Lipinski definition) is 0. The van der Waals surface area contributed by atoms with Crippen LogP contribution in [0.2, 0.25) is 0 Å². The van der Waals surface area contributed by atoms with E-state index in [9.17, 15) is 0 Å². The minimum absolute atomic E-state index is 0.0497. The minimum Gasteiger partial charge on any atom is -0.481 e. The predicted molar refractivity (Wildman–Crippen MR) is 89.8 cm³/mol. The zero-order chi connectivity index (χ0) is 14.8. The molecule has 106 valence electrons. The Morgan fingerprint density at radius 3 is 2.05 bits per heavy atom. The van der Waals surface area contributed by atoms with E-state index in [-0.39, 0.29) is 6.10 Å². The molecule has 4 rings (SSSR count). The maximum Gasteiger partial charge on any atom is 0.143 e. The van der Waals surface area contributed by atoms with Gasteiger partial charge in [-0.05, 0) is 28.8 Å². The third-order valence-corrected chi connectivity index (χ3v) is 3.96. The Morgan fingerprint density at radius 1 is 0.636 bits per heavy atom. The van der Waals surface area contributed by atoms with E-state index in [1.165, 1.54) is 16.7 Å². The van der Waals surface area contributed by atoms with Crippen LogP contribution < -0.4 is 4.74 Å². The summed E-state index contributed by atoms with van der Waals surface area (Å²) in [4.78, 5) is 0. The fraction of sp³-hybridized carbons (Fsp3) is 0.0476. The predicted octanol–water partition coefficient (Wildman–Crippen LogP) is 5.25. The highest BCUT2D eigenvalue weighted by Gasteiger charge is 2.22. The summed E-state index contributed by atoms with van der Waals surface area (Å²) in [5.74, 6) is 0.942. The molecular weight excluding hydrogens is 268 g/mol. The van der Waals surface area contributed by atoms with Crippen LogP contribution in [0.5, 0.6) is 5.75 Å². The average Bonchev–Trinajstić information content (AvgIpc) is 2.62. The molecule has 1 aliphatic heterocycles. The Morgan fingerprint density at radius 2 is 1.27 bits per heavy atom. The van der Waals surface area contributed by atoms with Crippen molar-refractivity contribution in [1.82, 2.24) is 0 Å². The number of rotatable bonds is 2. The van der Waals surface area contributed by atoms with Crippen molar-refractivity contribution in [2.24, 2.45) is 0 Å². The van der Waals surface area contributed by atoms with Gasteiger partial charge in [-0.3, -0.25) is 0 Å². The lowest BCUT2D eigenvalue weighted by atomic mass is 9.92. The number of benzene rings is 3. The summed E-state index contributed by atoms with van der Waals surface area (Å²) >= 11 is 0. The van der Waals surface area contributed by atoms with Crippen LogP contribution >= 0.6 is 0 Å². The van der Waals surface area contributed by atoms with Gasteiger partial charge < -0.3 is 4.74 Å². The number of fused-ring (bicyclic) bond motifs is 1. The molecule has 0 spiro atoms. The molecule has 1 unspecified atom stereocenters. The second-order valence-electron chi connectivity index (χ2n) is 5.39. The molecule has 1 nitrogen and oxygen atoms in total. The van der Waals surface area contributed by atoms with Crippen molar-refractivity contribution in [1.29, 1.82) is 0 Å². The molecule has 0 fully saturated rings. The zero-order valence-electron chi connectivity index (χ0n) is 12.1. The van der Waals surface area contributed by atoms with Gasteiger partial charge in [0.1, 0.15) is 11.9 Å². The Kier molecular flexibility index (Phi) is 3.24. The molecule has 0 radical (unpaired) electrons. The lowest BCUT2D eigenvalue weighted by Crippen LogP contribution is -2.11. The fourth-order valence-corrected chi connectivity index (χ4v) is 2.88. The lowest BCUT2D eigenvalue weighted by molar-refractivity contribution is 0.251. The molecule has 1 aliphatic rings. The van der Waals surface area contributed by atoms with Gasteiger partial charge in [-0.1, -0.05) is 78.9 Å². The SMILES string of the molecule is C1=C(c2ccccc2)c2ccccc2OC1c1ccccc1. The summed E-state index contributed by atoms with van der Waals surface area (Å²) in [6.07, 6.45) is 2.17. The van der Waals surface area contributed by atoms with Crippen molar-refractivity contribution in [3.8, 4) is 5.75 Å². The summed E-state index contributed by atoms with van der Waals surface area (Å²) in [5, 5.41) is 0. The van der Waals surface area contributed by atoms with Crippen LogP contribution in [0.4, 0.5) is 0 Å². The van der Waals surface area contributed by atoms with Crippen molar-refractivity contribution < 1.29 is 4.74 Å². The highest BCUT2D eigenvalue weighted by atomic mass is 16.5. The van der Waals surface area contributed by atoms with E-state index >= 15 is 0 Å². The van der Waals surface area contributed by atoms with Crippen molar-refractivity contribution >= 4 is 5.57 Å². The van der Waals surface area contributed by atoms with E-state index in [0.29, 0.717) is 0 Å². The summed E-state index contributed by atoms with van der Waals surface area (Å²) in [5.41, 5.74) is 4.78. The van der Waals surface area contributed by atoms with Gasteiger partial charge in [-0.2, -0.15) is 0 Å². The first-order valence-electron chi connectivity index (χ1n) is 7.50. The summed E-state index contributed by atoms with van der Waals surface area (Å²) in [6, 6.07) is 29.1. The molecule has 0 saturated heterocycles. The maximum atomic E-state index is 6.19. The van der Waals surface area contributed by atoms with Crippen molar-refractivity contribution in [3.05, 3.63) is 108 Å². The molecule has 3 aromatic carbocycles. The fourth-order valence-electron chi connectivity index (χ4n) is 2.88. The van der Waals surface area contributed by atoms with Crippen LogP contribution in [0, 0.1) is 0 Å². The normalized spacial score (nSPS) is 16.4. The molecule has 3 aromatic rings. The van der Waals surface area contributed by atoms with Gasteiger partial charge in [0.05, 0.1) is 0 Å². The van der Waals surface area contributed by atoms with E-state index in [1.807, 2.05) is 24.3 Å². The van der Waals surface area contributed by atoms with Gasteiger partial charge in [0.2, 0.25) is 0 Å². The smallest absolute Gasteiger partial charge is 0.143 e. The number of hydrogen-bond acceptors (Lipinski definition) is 1. The zero-order valence-corrected chi connectivity index (χ0v) is 12.1. The van der Waals surface area contributed by atoms with Crippen LogP contribution in [-0.4, -0.2) is 0 Å². The summed E-state index contributed by atoms with van der Waals surface area (Å²) in [6.45, 7) is 0. The first kappa shape index (κ1) is 12.9. The van der Waals surface area contributed by atoms with Crippen molar-refractivity contribution in [2.45, 2.75) is 6.10 Å². The van der Waals surface area contributed by atoms with Crippen LogP contribution in [0.3, 0.4) is 0 Å². The molecule has 0 aromatic heterocycles. The second-order valence-corrected chi connectivity index (χ2v) is 5.39. The topological polar surface area (TPSA) is 9.23 Å². The van der Waals surface area contributed by atoms with E-state index in [1.54, 1.807) is 0 Å². The molecule has 0 saturated carbocycles. The van der Waals surface area contributed by atoms with Gasteiger partial charge in [-0.25, -0.2) is 0 Å². The largest absolute Gasteiger partial charge is 0.481 e. The van der Waals surface area contributed by atoms with Gasteiger partial charge >= 0.3 is 0 Å². The van der Waals surface area contributed by atoms with E-state index in [0.717, 1.165) is 11.3 Å². The van der Waals surface area contributed by atoms with Gasteiger partial charge in [-0.15, -0.1) is 0 Å². The molecular formula is C21H16O. The molecule has 1 heteroatoms. The molecule has 0 aliphatic carbocycles. The monoisotopic (exact) mass is 284 g/mol. The average molecular weight is 284 g/mol. The molecule has 1 atom stereocenters. The standard InChI is InChI=1S/C21H16O/c1-3-9-16(10-4-1)19-15-21(17-11-5-2-6-12-17)22-20-14-8-7-13-18(19)20/h1-15,21H. The highest BCUT2D eigenvalue weighted by molar-refractivity contribution is 5.84. The van der Waals surface area contributed by atoms with Crippen molar-refractivity contribution in [2.75, 3.05) is 0 Å². The van der Waals surface area contributed by atoms with E-state index in [2.05, 4.69) is 66.7 Å². The highest BCUT2D eigenvalue weighted by Crippen LogP contribution is 2.40. The number of ether oxygens (including phenoxy) is 1. The quantitative estimate of drug-likeness (QED) is 0.624. The van der Waals surface area contributed by atoms with Crippen LogP contribution in [-0.2, 0) is 0 Å². The second kappa shape index (κ2) is 5.53. The minimum atomic E-state index is -0.0497. The third-order valence-electron chi connectivity index (χ3n) is 3.96. The Hall–Kier alpha value is -2.80. The van der Waals surface area contributed by atoms with Crippen molar-refractivity contribution in [3.63, 3.8) is 0 Å². The Bertz CT molecular complexity index is 804. The van der Waals surface area contributed by atoms with Gasteiger partial charge in [0.25, 0.3) is 0 Å². The first-order valence-corrected chi connectivity index (χ1v) is 7.50. The Balaban J connectivity index is 1.86.